The number of aromatic carboxylic acids is 1. The first kappa shape index (κ1) is 15.7. The van der Waals surface area contributed by atoms with Crippen LogP contribution in [-0.2, 0) is 11.3 Å². The largest absolute Gasteiger partial charge is 0.478 e. The van der Waals surface area contributed by atoms with Crippen molar-refractivity contribution in [3.05, 3.63) is 63.3 Å². The van der Waals surface area contributed by atoms with Crippen LogP contribution in [0, 0.1) is 5.82 Å². The number of carbonyl (C=O) groups is 2. The van der Waals surface area contributed by atoms with Crippen LogP contribution in [0.3, 0.4) is 0 Å². The van der Waals surface area contributed by atoms with E-state index in [0.717, 1.165) is 29.0 Å². The molecule has 0 atom stereocenters. The van der Waals surface area contributed by atoms with E-state index in [1.807, 2.05) is 0 Å². The molecule has 0 fully saturated rings. The molecule has 0 bridgehead atoms. The van der Waals surface area contributed by atoms with Gasteiger partial charge in [-0.1, -0.05) is 11.6 Å². The lowest BCUT2D eigenvalue weighted by atomic mass is 10.3. The number of anilines is 1. The van der Waals surface area contributed by atoms with Crippen LogP contribution in [0.1, 0.15) is 10.4 Å². The van der Waals surface area contributed by atoms with Crippen LogP contribution >= 0.6 is 11.6 Å². The van der Waals surface area contributed by atoms with Gasteiger partial charge in [-0.05, 0) is 24.3 Å². The van der Waals surface area contributed by atoms with Crippen LogP contribution < -0.4 is 10.9 Å². The van der Waals surface area contributed by atoms with Gasteiger partial charge in [0.25, 0.3) is 5.56 Å². The molecule has 2 aromatic rings. The zero-order valence-electron chi connectivity index (χ0n) is 11.0. The topological polar surface area (TPSA) is 88.4 Å². The molecule has 1 heterocycles. The zero-order chi connectivity index (χ0) is 16.3. The number of hydrogen-bond acceptors (Lipinski definition) is 3. The molecule has 6 nitrogen and oxygen atoms in total. The predicted molar refractivity (Wildman–Crippen MR) is 77.7 cm³/mol. The average molecular weight is 325 g/mol. The Labute approximate surface area is 128 Å². The van der Waals surface area contributed by atoms with E-state index in [1.165, 1.54) is 12.1 Å². The summed E-state index contributed by atoms with van der Waals surface area (Å²) in [7, 11) is 0. The normalized spacial score (nSPS) is 10.3. The molecule has 8 heteroatoms. The second-order valence-corrected chi connectivity index (χ2v) is 4.80. The minimum absolute atomic E-state index is 0.0863. The SMILES string of the molecule is O=C(Cn1cc(C(=O)O)ccc1=O)Nc1ccc(Cl)cc1F. The number of halogens is 2. The maximum atomic E-state index is 13.6. The van der Waals surface area contributed by atoms with Gasteiger partial charge in [-0.15, -0.1) is 0 Å². The van der Waals surface area contributed by atoms with E-state index < -0.39 is 29.8 Å². The first-order valence-corrected chi connectivity index (χ1v) is 6.43. The van der Waals surface area contributed by atoms with Crippen molar-refractivity contribution in [2.45, 2.75) is 6.54 Å². The van der Waals surface area contributed by atoms with Gasteiger partial charge < -0.3 is 15.0 Å². The second-order valence-electron chi connectivity index (χ2n) is 4.36. The highest BCUT2D eigenvalue weighted by molar-refractivity contribution is 6.30. The molecule has 2 N–H and O–H groups in total. The second kappa shape index (κ2) is 6.40. The summed E-state index contributed by atoms with van der Waals surface area (Å²) in [4.78, 5) is 34.3. The number of nitrogens with one attached hydrogen (secondary N) is 1. The lowest BCUT2D eigenvalue weighted by Crippen LogP contribution is -2.27. The minimum atomic E-state index is -1.22. The van der Waals surface area contributed by atoms with Gasteiger partial charge in [0.15, 0.2) is 0 Å². The lowest BCUT2D eigenvalue weighted by molar-refractivity contribution is -0.116. The molecule has 1 amide bonds. The highest BCUT2D eigenvalue weighted by atomic mass is 35.5. The fourth-order valence-corrected chi connectivity index (χ4v) is 1.88. The number of hydrogen-bond donors (Lipinski definition) is 2. The van der Waals surface area contributed by atoms with E-state index in [-0.39, 0.29) is 16.3 Å². The number of carboxylic acids is 1. The lowest BCUT2D eigenvalue weighted by Gasteiger charge is -2.09. The maximum Gasteiger partial charge on any atom is 0.337 e. The third-order valence-electron chi connectivity index (χ3n) is 2.75. The standard InChI is InChI=1S/C14H10ClFN2O4/c15-9-2-3-11(10(16)5-9)17-12(19)7-18-6-8(14(21)22)1-4-13(18)20/h1-6H,7H2,(H,17,19)(H,21,22). The van der Waals surface area contributed by atoms with Crippen molar-refractivity contribution in [2.75, 3.05) is 5.32 Å². The first-order valence-electron chi connectivity index (χ1n) is 6.05. The molecule has 114 valence electrons. The third-order valence-corrected chi connectivity index (χ3v) is 2.98. The summed E-state index contributed by atoms with van der Waals surface area (Å²) in [5.74, 6) is -2.61. The Bertz CT molecular complexity index is 804. The molecular formula is C14H10ClFN2O4. The predicted octanol–water partition coefficient (Wildman–Crippen LogP) is 1.98. The zero-order valence-corrected chi connectivity index (χ0v) is 11.8. The summed E-state index contributed by atoms with van der Waals surface area (Å²) in [5.41, 5.74) is -0.765. The van der Waals surface area contributed by atoms with E-state index in [1.54, 1.807) is 0 Å². The van der Waals surface area contributed by atoms with E-state index in [2.05, 4.69) is 5.32 Å². The van der Waals surface area contributed by atoms with E-state index in [0.29, 0.717) is 0 Å². The van der Waals surface area contributed by atoms with Gasteiger partial charge in [-0.3, -0.25) is 9.59 Å². The summed E-state index contributed by atoms with van der Waals surface area (Å²) >= 11 is 5.60. The molecule has 0 spiro atoms. The van der Waals surface area contributed by atoms with Gasteiger partial charge in [0, 0.05) is 17.3 Å². The quantitative estimate of drug-likeness (QED) is 0.900. The van der Waals surface area contributed by atoms with E-state index in [9.17, 15) is 18.8 Å². The van der Waals surface area contributed by atoms with Crippen LogP contribution in [0.4, 0.5) is 10.1 Å². The highest BCUT2D eigenvalue weighted by Crippen LogP contribution is 2.18. The molecule has 0 unspecified atom stereocenters. The number of rotatable bonds is 4. The van der Waals surface area contributed by atoms with Crippen molar-refractivity contribution in [3.63, 3.8) is 0 Å². The number of benzene rings is 1. The number of aromatic nitrogens is 1. The van der Waals surface area contributed by atoms with E-state index in [4.69, 9.17) is 16.7 Å². The Hall–Kier alpha value is -2.67. The first-order chi connectivity index (χ1) is 10.4. The molecule has 1 aromatic heterocycles. The van der Waals surface area contributed by atoms with Crippen LogP contribution in [0.5, 0.6) is 0 Å². The third kappa shape index (κ3) is 3.70. The van der Waals surface area contributed by atoms with Gasteiger partial charge in [0.05, 0.1) is 11.3 Å². The van der Waals surface area contributed by atoms with Crippen LogP contribution in [0.15, 0.2) is 41.3 Å². The summed E-state index contributed by atoms with van der Waals surface area (Å²) in [6.45, 7) is -0.442. The Morgan fingerprint density at radius 2 is 2.00 bits per heavy atom. The van der Waals surface area contributed by atoms with Crippen molar-refractivity contribution in [1.82, 2.24) is 4.57 Å². The van der Waals surface area contributed by atoms with Crippen LogP contribution in [0.25, 0.3) is 0 Å². The number of amides is 1. The monoisotopic (exact) mass is 324 g/mol. The molecule has 1 aromatic carbocycles. The Morgan fingerprint density at radius 3 is 2.64 bits per heavy atom. The number of pyridine rings is 1. The van der Waals surface area contributed by atoms with Gasteiger partial charge >= 0.3 is 5.97 Å². The maximum absolute atomic E-state index is 13.6. The molecular weight excluding hydrogens is 315 g/mol. The fourth-order valence-electron chi connectivity index (χ4n) is 1.72. The summed E-state index contributed by atoms with van der Waals surface area (Å²) in [6.07, 6.45) is 1.04. The number of carboxylic acid groups (broad SMARTS) is 1. The fraction of sp³-hybridized carbons (Fsp3) is 0.0714. The molecule has 0 aliphatic heterocycles. The van der Waals surface area contributed by atoms with Crippen molar-refractivity contribution in [3.8, 4) is 0 Å². The van der Waals surface area contributed by atoms with Crippen LogP contribution in [0.2, 0.25) is 5.02 Å². The summed E-state index contributed by atoms with van der Waals surface area (Å²) < 4.78 is 14.5. The van der Waals surface area contributed by atoms with E-state index >= 15 is 0 Å². The van der Waals surface area contributed by atoms with Gasteiger partial charge in [0.2, 0.25) is 5.91 Å². The highest BCUT2D eigenvalue weighted by Gasteiger charge is 2.11. The molecule has 0 radical (unpaired) electrons. The van der Waals surface area contributed by atoms with Crippen molar-refractivity contribution >= 4 is 29.2 Å². The molecule has 22 heavy (non-hydrogen) atoms. The van der Waals surface area contributed by atoms with Crippen molar-refractivity contribution in [1.29, 1.82) is 0 Å². The smallest absolute Gasteiger partial charge is 0.337 e. The Kier molecular flexibility index (Phi) is 4.57. The molecule has 0 saturated carbocycles. The van der Waals surface area contributed by atoms with Gasteiger partial charge in [-0.2, -0.15) is 0 Å². The Morgan fingerprint density at radius 1 is 1.27 bits per heavy atom. The van der Waals surface area contributed by atoms with Crippen LogP contribution in [-0.4, -0.2) is 21.6 Å². The Balaban J connectivity index is 2.17. The van der Waals surface area contributed by atoms with Crippen molar-refractivity contribution in [2.24, 2.45) is 0 Å². The average Bonchev–Trinajstić information content (AvgIpc) is 2.44. The van der Waals surface area contributed by atoms with Crippen molar-refractivity contribution < 1.29 is 19.1 Å². The van der Waals surface area contributed by atoms with Gasteiger partial charge in [0.1, 0.15) is 12.4 Å². The van der Waals surface area contributed by atoms with Gasteiger partial charge in [-0.25, -0.2) is 9.18 Å². The molecule has 0 saturated heterocycles. The minimum Gasteiger partial charge on any atom is -0.478 e. The molecule has 0 aliphatic rings. The number of nitrogens with zero attached hydrogens (tertiary/aromatic N) is 1. The number of carbonyl (C=O) groups excluding carboxylic acids is 1. The molecule has 2 rings (SSSR count). The molecule has 0 aliphatic carbocycles. The summed E-state index contributed by atoms with van der Waals surface area (Å²) in [6, 6.07) is 5.90. The summed E-state index contributed by atoms with van der Waals surface area (Å²) in [5, 5.41) is 11.3.